The number of aryl methyl sites for hydroxylation is 1. The molecule has 0 N–H and O–H groups in total. The number of hydrogen-bond acceptors (Lipinski definition) is 6. The van der Waals surface area contributed by atoms with Gasteiger partial charge < -0.3 is 0 Å². The minimum atomic E-state index is -0.409. The van der Waals surface area contributed by atoms with Gasteiger partial charge in [-0.05, 0) is 31.2 Å². The second-order valence-corrected chi connectivity index (χ2v) is 7.50. The smallest absolute Gasteiger partial charge is 0.258 e. The largest absolute Gasteiger partial charge is 0.269 e. The highest BCUT2D eigenvalue weighted by atomic mass is 32.1. The van der Waals surface area contributed by atoms with Crippen LogP contribution in [0, 0.1) is 17.0 Å². The average molecular weight is 384 g/mol. The molecule has 0 saturated carbocycles. The van der Waals surface area contributed by atoms with Gasteiger partial charge in [0.2, 0.25) is 4.80 Å². The van der Waals surface area contributed by atoms with Gasteiger partial charge in [-0.15, -0.1) is 29.3 Å². The molecule has 6 nitrogen and oxygen atoms in total. The summed E-state index contributed by atoms with van der Waals surface area (Å²) >= 11 is 3.13. The Morgan fingerprint density at radius 3 is 2.65 bits per heavy atom. The lowest BCUT2D eigenvalue weighted by Gasteiger charge is -2.03. The normalized spacial score (nSPS) is 12.0. The van der Waals surface area contributed by atoms with Crippen LogP contribution in [0.5, 0.6) is 0 Å². The number of nitro benzene ring substituents is 1. The van der Waals surface area contributed by atoms with Crippen molar-refractivity contribution in [2.24, 2.45) is 10.1 Å². The second-order valence-electron chi connectivity index (χ2n) is 5.34. The van der Waals surface area contributed by atoms with E-state index in [0.29, 0.717) is 6.54 Å². The van der Waals surface area contributed by atoms with E-state index in [1.165, 1.54) is 28.3 Å². The molecule has 3 rings (SSSR count). The summed E-state index contributed by atoms with van der Waals surface area (Å²) in [5.41, 5.74) is 1.73. The zero-order chi connectivity index (χ0) is 18.5. The van der Waals surface area contributed by atoms with Crippen molar-refractivity contribution in [2.75, 3.05) is 6.54 Å². The van der Waals surface area contributed by atoms with Crippen LogP contribution in [0.1, 0.15) is 9.75 Å². The molecular weight excluding hydrogens is 368 g/mol. The summed E-state index contributed by atoms with van der Waals surface area (Å²) < 4.78 is 1.75. The lowest BCUT2D eigenvalue weighted by molar-refractivity contribution is -0.384. The van der Waals surface area contributed by atoms with Gasteiger partial charge in [0, 0.05) is 32.8 Å². The second kappa shape index (κ2) is 8.03. The van der Waals surface area contributed by atoms with Crippen molar-refractivity contribution in [1.29, 1.82) is 0 Å². The number of thiophene rings is 1. The Hall–Kier alpha value is -2.84. The lowest BCUT2D eigenvalue weighted by Crippen LogP contribution is -2.12. The fourth-order valence-electron chi connectivity index (χ4n) is 2.25. The molecule has 26 heavy (non-hydrogen) atoms. The van der Waals surface area contributed by atoms with Gasteiger partial charge in [0.05, 0.1) is 23.4 Å². The lowest BCUT2D eigenvalue weighted by atomic mass is 10.1. The number of nitrogens with zero attached hydrogens (tertiary/aromatic N) is 4. The molecule has 0 aliphatic rings. The Balaban J connectivity index is 2.04. The topological polar surface area (TPSA) is 72.8 Å². The van der Waals surface area contributed by atoms with Crippen LogP contribution in [0.2, 0.25) is 0 Å². The molecule has 2 heterocycles. The predicted octanol–water partition coefficient (Wildman–Crippen LogP) is 4.46. The molecule has 0 fully saturated rings. The van der Waals surface area contributed by atoms with E-state index in [-0.39, 0.29) is 5.69 Å². The van der Waals surface area contributed by atoms with E-state index in [1.807, 2.05) is 24.4 Å². The summed E-state index contributed by atoms with van der Waals surface area (Å²) in [6.45, 7) is 6.24. The van der Waals surface area contributed by atoms with Gasteiger partial charge in [-0.1, -0.05) is 6.08 Å². The van der Waals surface area contributed by atoms with Crippen LogP contribution in [0.3, 0.4) is 0 Å². The summed E-state index contributed by atoms with van der Waals surface area (Å²) in [4.78, 5) is 17.9. The monoisotopic (exact) mass is 384 g/mol. The van der Waals surface area contributed by atoms with Gasteiger partial charge in [0.15, 0.2) is 0 Å². The molecule has 3 aromatic rings. The molecule has 0 amide bonds. The maximum absolute atomic E-state index is 10.9. The number of thiazole rings is 1. The fraction of sp³-hybridized carbons (Fsp3) is 0.111. The van der Waals surface area contributed by atoms with Gasteiger partial charge in [-0.2, -0.15) is 5.10 Å². The van der Waals surface area contributed by atoms with Crippen molar-refractivity contribution in [1.82, 2.24) is 4.68 Å². The average Bonchev–Trinajstić information content (AvgIpc) is 3.24. The van der Waals surface area contributed by atoms with Gasteiger partial charge in [-0.3, -0.25) is 15.1 Å². The molecule has 132 valence electrons. The summed E-state index contributed by atoms with van der Waals surface area (Å²) in [6.07, 6.45) is 3.52. The molecule has 0 aliphatic carbocycles. The zero-order valence-electron chi connectivity index (χ0n) is 14.0. The third-order valence-electron chi connectivity index (χ3n) is 3.48. The summed E-state index contributed by atoms with van der Waals surface area (Å²) in [5.74, 6) is 0. The molecule has 0 unspecified atom stereocenters. The van der Waals surface area contributed by atoms with E-state index in [2.05, 4.69) is 16.7 Å². The zero-order valence-corrected chi connectivity index (χ0v) is 15.7. The minimum absolute atomic E-state index is 0.0599. The molecule has 0 radical (unpaired) electrons. The Kier molecular flexibility index (Phi) is 5.55. The highest BCUT2D eigenvalue weighted by Gasteiger charge is 2.10. The maximum atomic E-state index is 10.9. The van der Waals surface area contributed by atoms with E-state index < -0.39 is 4.92 Å². The van der Waals surface area contributed by atoms with Crippen LogP contribution < -0.4 is 4.80 Å². The van der Waals surface area contributed by atoms with E-state index in [4.69, 9.17) is 0 Å². The van der Waals surface area contributed by atoms with Gasteiger partial charge in [-0.25, -0.2) is 4.68 Å². The van der Waals surface area contributed by atoms with Gasteiger partial charge in [0.25, 0.3) is 5.69 Å². The minimum Gasteiger partial charge on any atom is -0.258 e. The van der Waals surface area contributed by atoms with Crippen molar-refractivity contribution in [2.45, 2.75) is 6.92 Å². The highest BCUT2D eigenvalue weighted by Crippen LogP contribution is 2.23. The van der Waals surface area contributed by atoms with E-state index in [1.54, 1.807) is 40.4 Å². The van der Waals surface area contributed by atoms with Crippen LogP contribution >= 0.6 is 22.7 Å². The first-order valence-electron chi connectivity index (χ1n) is 7.76. The third kappa shape index (κ3) is 4.04. The van der Waals surface area contributed by atoms with Crippen molar-refractivity contribution in [3.8, 4) is 11.3 Å². The van der Waals surface area contributed by atoms with Crippen LogP contribution in [-0.2, 0) is 0 Å². The maximum Gasteiger partial charge on any atom is 0.269 e. The highest BCUT2D eigenvalue weighted by molar-refractivity contribution is 7.13. The van der Waals surface area contributed by atoms with Crippen molar-refractivity contribution >= 4 is 34.6 Å². The van der Waals surface area contributed by atoms with E-state index >= 15 is 0 Å². The Labute approximate surface area is 158 Å². The number of nitro groups is 1. The molecule has 1 aromatic carbocycles. The molecular formula is C18H16N4O2S2. The first kappa shape index (κ1) is 18.0. The summed E-state index contributed by atoms with van der Waals surface area (Å²) in [6, 6.07) is 10.5. The first-order valence-corrected chi connectivity index (χ1v) is 9.45. The predicted molar refractivity (Wildman–Crippen MR) is 107 cm³/mol. The van der Waals surface area contributed by atoms with Crippen LogP contribution in [-0.4, -0.2) is 22.4 Å². The molecule has 0 saturated heterocycles. The van der Waals surface area contributed by atoms with Crippen molar-refractivity contribution < 1.29 is 4.92 Å². The number of rotatable bonds is 6. The SMILES string of the molecule is C=CCN=c1scc(-c2ccc([N+](=O)[O-])cc2)n1N=Cc1ccc(C)s1. The number of benzene rings is 1. The molecule has 0 bridgehead atoms. The van der Waals surface area contributed by atoms with Gasteiger partial charge in [0.1, 0.15) is 0 Å². The Morgan fingerprint density at radius 1 is 1.27 bits per heavy atom. The fourth-order valence-corrected chi connectivity index (χ4v) is 3.84. The number of hydrogen-bond donors (Lipinski definition) is 0. The molecule has 0 aliphatic heterocycles. The van der Waals surface area contributed by atoms with Crippen LogP contribution in [0.15, 0.2) is 64.5 Å². The molecule has 8 heteroatoms. The first-order chi connectivity index (χ1) is 12.6. The molecule has 0 atom stereocenters. The number of aromatic nitrogens is 1. The summed E-state index contributed by atoms with van der Waals surface area (Å²) in [5, 5.41) is 17.4. The van der Waals surface area contributed by atoms with Crippen molar-refractivity contribution in [3.05, 3.63) is 79.1 Å². The van der Waals surface area contributed by atoms with Crippen LogP contribution in [0.25, 0.3) is 11.3 Å². The quantitative estimate of drug-likeness (QED) is 0.272. The van der Waals surface area contributed by atoms with Crippen LogP contribution in [0.4, 0.5) is 5.69 Å². The standard InChI is InChI=1S/C18H16N4O2S2/c1-3-10-19-18-21(20-11-16-9-4-13(2)26-16)17(12-25-18)14-5-7-15(8-6-14)22(23)24/h3-9,11-12H,1,10H2,2H3. The van der Waals surface area contributed by atoms with Crippen molar-refractivity contribution in [3.63, 3.8) is 0 Å². The van der Waals surface area contributed by atoms with Gasteiger partial charge >= 0.3 is 0 Å². The third-order valence-corrected chi connectivity index (χ3v) is 5.27. The summed E-state index contributed by atoms with van der Waals surface area (Å²) in [7, 11) is 0. The molecule has 0 spiro atoms. The molecule has 2 aromatic heterocycles. The Bertz CT molecular complexity index is 1030. The number of non-ortho nitro benzene ring substituents is 1. The van der Waals surface area contributed by atoms with E-state index in [9.17, 15) is 10.1 Å². The Morgan fingerprint density at radius 2 is 2.04 bits per heavy atom. The van der Waals surface area contributed by atoms with E-state index in [0.717, 1.165) is 20.9 Å².